The summed E-state index contributed by atoms with van der Waals surface area (Å²) in [5.41, 5.74) is 3.31. The van der Waals surface area contributed by atoms with E-state index >= 15 is 0 Å². The Hall–Kier alpha value is -3.88. The number of methoxy groups -OCH3 is 1. The number of amides is 2. The first-order chi connectivity index (χ1) is 25.8. The van der Waals surface area contributed by atoms with Crippen LogP contribution in [0, 0.1) is 11.8 Å². The van der Waals surface area contributed by atoms with Gasteiger partial charge >= 0.3 is 6.18 Å². The van der Waals surface area contributed by atoms with E-state index in [0.717, 1.165) is 49.0 Å². The zero-order valence-corrected chi connectivity index (χ0v) is 31.7. The van der Waals surface area contributed by atoms with Crippen molar-refractivity contribution >= 4 is 39.0 Å². The molecule has 5 atom stereocenters. The number of nitrogens with one attached hydrogen (secondary N) is 1. The van der Waals surface area contributed by atoms with Crippen LogP contribution in [-0.2, 0) is 44.2 Å². The van der Waals surface area contributed by atoms with Crippen molar-refractivity contribution in [1.29, 1.82) is 0 Å². The van der Waals surface area contributed by atoms with Crippen molar-refractivity contribution in [3.05, 3.63) is 88.2 Å². The molecule has 2 aliphatic carbocycles. The third-order valence-corrected chi connectivity index (χ3v) is 13.4. The summed E-state index contributed by atoms with van der Waals surface area (Å²) in [7, 11) is -1.91. The summed E-state index contributed by atoms with van der Waals surface area (Å²) in [6.07, 6.45) is 6.12. The molecule has 3 heterocycles. The molecule has 0 radical (unpaired) electrons. The minimum Gasteiger partial charge on any atom is -0.490 e. The molecule has 1 unspecified atom stereocenters. The van der Waals surface area contributed by atoms with Crippen LogP contribution in [0.2, 0.25) is 5.02 Å². The molecule has 15 heteroatoms. The predicted molar refractivity (Wildman–Crippen MR) is 200 cm³/mol. The Morgan fingerprint density at radius 3 is 2.80 bits per heavy atom. The lowest BCUT2D eigenvalue weighted by Gasteiger charge is -2.46. The second-order valence-corrected chi connectivity index (χ2v) is 17.4. The predicted octanol–water partition coefficient (Wildman–Crippen LogP) is 7.24. The first-order valence-corrected chi connectivity index (χ1v) is 20.6. The molecule has 2 amide bonds. The number of alkyl halides is 3. The van der Waals surface area contributed by atoms with Gasteiger partial charge in [0.1, 0.15) is 22.2 Å². The van der Waals surface area contributed by atoms with E-state index in [0.29, 0.717) is 42.7 Å². The number of halogens is 4. The number of hydrogen-bond acceptors (Lipinski definition) is 7. The minimum atomic E-state index is -4.48. The average molecular weight is 788 g/mol. The standard InChI is InChI=1S/C39H45ClF3N5O5S/c1-52-34-7-3-2-4-19-54(51,45-36(49)15-11-30-16-18-44-48(30)24-39(41,42)43)46-37(50)27-9-14-35-33(21-27)47(22-28-8-12-31(28)34)23-38(25-53-35)17-5-6-26-20-29(40)10-13-32(26)38/h3,7,9-10,13-14,16,18,20-21,28,31,34H,2,4-6,8,11-12,15,17,19,22-25H2,1H3,(H,45,46,49,50,51)/b7-3-/t28-,31+,34-,38-,54?/m0/s1. The zero-order chi connectivity index (χ0) is 38.1. The summed E-state index contributed by atoms with van der Waals surface area (Å²) < 4.78 is 73.3. The van der Waals surface area contributed by atoms with Crippen LogP contribution in [0.4, 0.5) is 18.9 Å². The van der Waals surface area contributed by atoms with Gasteiger partial charge in [-0.2, -0.15) is 18.3 Å². The fraction of sp³-hybridized carbons (Fsp3) is 0.513. The van der Waals surface area contributed by atoms with Crippen molar-refractivity contribution in [2.24, 2.45) is 16.2 Å². The Balaban J connectivity index is 1.20. The molecule has 2 aromatic carbocycles. The smallest absolute Gasteiger partial charge is 0.408 e. The van der Waals surface area contributed by atoms with Crippen LogP contribution < -0.4 is 14.4 Å². The molecule has 4 aliphatic rings. The number of aryl methyl sites for hydroxylation is 2. The van der Waals surface area contributed by atoms with Crippen LogP contribution >= 0.6 is 11.6 Å². The molecule has 290 valence electrons. The highest BCUT2D eigenvalue weighted by atomic mass is 35.5. The molecule has 7 rings (SSSR count). The highest BCUT2D eigenvalue weighted by molar-refractivity contribution is 7.92. The van der Waals surface area contributed by atoms with Gasteiger partial charge in [-0.05, 0) is 111 Å². The second-order valence-electron chi connectivity index (χ2n) is 14.9. The van der Waals surface area contributed by atoms with E-state index in [1.165, 1.54) is 23.4 Å². The van der Waals surface area contributed by atoms with Crippen molar-refractivity contribution < 1.29 is 36.4 Å². The van der Waals surface area contributed by atoms with Gasteiger partial charge in [0.05, 0.1) is 24.2 Å². The van der Waals surface area contributed by atoms with Gasteiger partial charge in [0, 0.05) is 54.5 Å². The lowest BCUT2D eigenvalue weighted by molar-refractivity contribution is -0.143. The van der Waals surface area contributed by atoms with Crippen molar-refractivity contribution in [2.75, 3.05) is 37.5 Å². The summed E-state index contributed by atoms with van der Waals surface area (Å²) in [6.45, 7) is 0.553. The summed E-state index contributed by atoms with van der Waals surface area (Å²) in [5, 5.41) is 4.42. The summed E-state index contributed by atoms with van der Waals surface area (Å²) in [4.78, 5) is 29.4. The summed E-state index contributed by atoms with van der Waals surface area (Å²) in [5.74, 6) is -0.270. The van der Waals surface area contributed by atoms with Crippen LogP contribution in [0.3, 0.4) is 0 Å². The largest absolute Gasteiger partial charge is 0.490 e. The van der Waals surface area contributed by atoms with Crippen molar-refractivity contribution in [3.63, 3.8) is 0 Å². The first kappa shape index (κ1) is 38.4. The average Bonchev–Trinajstić information content (AvgIpc) is 3.48. The fourth-order valence-electron chi connectivity index (χ4n) is 8.47. The van der Waals surface area contributed by atoms with Crippen LogP contribution in [0.25, 0.3) is 0 Å². The minimum absolute atomic E-state index is 0.0751. The van der Waals surface area contributed by atoms with Crippen molar-refractivity contribution in [2.45, 2.75) is 82.0 Å². The van der Waals surface area contributed by atoms with Gasteiger partial charge in [-0.3, -0.25) is 19.0 Å². The Morgan fingerprint density at radius 1 is 1.17 bits per heavy atom. The Bertz CT molecular complexity index is 2050. The molecule has 1 fully saturated rings. The normalized spacial score (nSPS) is 27.8. The van der Waals surface area contributed by atoms with Crippen LogP contribution in [0.1, 0.15) is 72.1 Å². The topological polar surface area (TPSA) is 115 Å². The van der Waals surface area contributed by atoms with Gasteiger partial charge in [0.25, 0.3) is 5.91 Å². The van der Waals surface area contributed by atoms with Crippen molar-refractivity contribution in [3.8, 4) is 5.75 Å². The molecular formula is C39H45ClF3N5O5S. The Kier molecular flexibility index (Phi) is 11.2. The van der Waals surface area contributed by atoms with E-state index < -0.39 is 34.5 Å². The molecule has 2 bridgehead atoms. The molecule has 0 saturated heterocycles. The molecular weight excluding hydrogens is 743 g/mol. The lowest BCUT2D eigenvalue weighted by atomic mass is 9.68. The number of ether oxygens (including phenoxy) is 2. The Labute approximate surface area is 318 Å². The number of fused-ring (bicyclic) bond motifs is 4. The van der Waals surface area contributed by atoms with E-state index in [9.17, 15) is 27.0 Å². The number of hydrogen-bond donors (Lipinski definition) is 1. The number of allylic oxidation sites excluding steroid dienone is 1. The molecule has 1 N–H and O–H groups in total. The maximum atomic E-state index is 14.3. The third-order valence-electron chi connectivity index (χ3n) is 11.3. The molecule has 1 aromatic heterocycles. The number of benzene rings is 2. The third kappa shape index (κ3) is 8.50. The highest BCUT2D eigenvalue weighted by Crippen LogP contribution is 2.47. The number of anilines is 1. The summed E-state index contributed by atoms with van der Waals surface area (Å²) in [6, 6.07) is 12.7. The Morgan fingerprint density at radius 2 is 2.02 bits per heavy atom. The monoisotopic (exact) mass is 787 g/mol. The van der Waals surface area contributed by atoms with E-state index in [4.69, 9.17) is 21.1 Å². The summed E-state index contributed by atoms with van der Waals surface area (Å²) >= 11 is 6.43. The quantitative estimate of drug-likeness (QED) is 0.262. The van der Waals surface area contributed by atoms with Crippen LogP contribution in [0.5, 0.6) is 5.75 Å². The molecule has 10 nitrogen and oxygen atoms in total. The second kappa shape index (κ2) is 15.7. The van der Waals surface area contributed by atoms with Gasteiger partial charge in [-0.1, -0.05) is 29.8 Å². The number of aromatic nitrogens is 2. The number of rotatable bonds is 6. The van der Waals surface area contributed by atoms with Crippen molar-refractivity contribution in [1.82, 2.24) is 14.5 Å². The van der Waals surface area contributed by atoms with E-state index in [-0.39, 0.29) is 47.3 Å². The maximum absolute atomic E-state index is 14.3. The van der Waals surface area contributed by atoms with Crippen LogP contribution in [0.15, 0.2) is 65.2 Å². The molecule has 54 heavy (non-hydrogen) atoms. The van der Waals surface area contributed by atoms with E-state index in [1.807, 2.05) is 12.1 Å². The number of carbonyl (C=O) groups is 2. The number of carbonyl (C=O) groups excluding carboxylic acids is 2. The van der Waals surface area contributed by atoms with Gasteiger partial charge < -0.3 is 14.4 Å². The van der Waals surface area contributed by atoms with Gasteiger partial charge in [0.2, 0.25) is 5.91 Å². The fourth-order valence-corrected chi connectivity index (χ4v) is 10.3. The molecule has 1 spiro atoms. The van der Waals surface area contributed by atoms with Crippen LogP contribution in [-0.4, -0.2) is 70.6 Å². The maximum Gasteiger partial charge on any atom is 0.408 e. The SMILES string of the molecule is CO[C@H]1/C=C\CCCS(=O)(NC(=O)CCc2ccnn2CC(F)(F)F)=NC(=O)c2ccc3c(c2)N(C[C@@H]2CC[C@H]21)C[C@@]1(CCCc2cc(Cl)ccc21)CO3. The number of nitrogens with zero attached hydrogens (tertiary/aromatic N) is 4. The van der Waals surface area contributed by atoms with Gasteiger partial charge in [-0.25, -0.2) is 4.21 Å². The zero-order valence-electron chi connectivity index (χ0n) is 30.2. The van der Waals surface area contributed by atoms with E-state index in [1.54, 1.807) is 25.3 Å². The van der Waals surface area contributed by atoms with Gasteiger partial charge in [-0.15, -0.1) is 4.36 Å². The van der Waals surface area contributed by atoms with Gasteiger partial charge in [0.15, 0.2) is 0 Å². The van der Waals surface area contributed by atoms with E-state index in [2.05, 4.69) is 37.3 Å². The lowest BCUT2D eigenvalue weighted by Crippen LogP contribution is -2.49. The highest BCUT2D eigenvalue weighted by Gasteiger charge is 2.44. The first-order valence-electron chi connectivity index (χ1n) is 18.5. The molecule has 2 aliphatic heterocycles. The molecule has 3 aromatic rings. The molecule has 1 saturated carbocycles.